The average molecular weight is 383 g/mol. The Morgan fingerprint density at radius 2 is 2.21 bits per heavy atom. The van der Waals surface area contributed by atoms with Crippen LogP contribution in [0.3, 0.4) is 0 Å². The molecule has 1 fully saturated rings. The summed E-state index contributed by atoms with van der Waals surface area (Å²) in [7, 11) is 0. The molecule has 2 N–H and O–H groups in total. The van der Waals surface area contributed by atoms with E-state index in [4.69, 9.17) is 10.5 Å². The zero-order valence-electron chi connectivity index (χ0n) is 16.7. The van der Waals surface area contributed by atoms with Crippen molar-refractivity contribution in [1.29, 1.82) is 0 Å². The number of ether oxygens (including phenoxy) is 1. The number of aryl methyl sites for hydroxylation is 1. The number of primary amides is 1. The molecule has 1 aromatic heterocycles. The lowest BCUT2D eigenvalue weighted by Crippen LogP contribution is -2.46. The second-order valence-electron chi connectivity index (χ2n) is 8.05. The Balaban J connectivity index is 1.65. The number of benzene rings is 1. The van der Waals surface area contributed by atoms with Crippen molar-refractivity contribution in [1.82, 2.24) is 19.7 Å². The van der Waals surface area contributed by atoms with Gasteiger partial charge in [-0.05, 0) is 50.3 Å². The Morgan fingerprint density at radius 3 is 3.00 bits per heavy atom. The molecule has 1 atom stereocenters. The third-order valence-corrected chi connectivity index (χ3v) is 5.71. The van der Waals surface area contributed by atoms with Gasteiger partial charge in [0.1, 0.15) is 5.82 Å². The molecule has 2 aromatic rings. The fourth-order valence-electron chi connectivity index (χ4n) is 4.28. The van der Waals surface area contributed by atoms with E-state index >= 15 is 0 Å². The molecule has 28 heavy (non-hydrogen) atoms. The molecule has 1 aliphatic carbocycles. The molecule has 4 rings (SSSR count). The summed E-state index contributed by atoms with van der Waals surface area (Å²) in [5, 5.41) is 4.65. The number of hydrogen-bond donors (Lipinski definition) is 1. The van der Waals surface area contributed by atoms with E-state index in [1.54, 1.807) is 0 Å². The maximum atomic E-state index is 11.4. The molecule has 1 amide bonds. The zero-order valence-corrected chi connectivity index (χ0v) is 16.7. The molecular formula is C21H29N5O2. The zero-order chi connectivity index (χ0) is 19.7. The standard InChI is InChI=1S/C21H29N5O2/c1-14(2)25-9-10-28-16(13-25)11-21-23-20(12-19(22)27)24-26(21)18-8-4-6-15-5-3-7-17(15)18/h4,6,8,14,16H,3,5,7,9-13H2,1-2H3,(H2,22,27). The molecule has 150 valence electrons. The van der Waals surface area contributed by atoms with Crippen LogP contribution in [0.4, 0.5) is 0 Å². The van der Waals surface area contributed by atoms with Gasteiger partial charge in [0.15, 0.2) is 5.82 Å². The van der Waals surface area contributed by atoms with Crippen molar-refractivity contribution in [2.75, 3.05) is 19.7 Å². The second kappa shape index (κ2) is 8.01. The fourth-order valence-corrected chi connectivity index (χ4v) is 4.28. The van der Waals surface area contributed by atoms with Crippen LogP contribution in [-0.2, 0) is 35.2 Å². The van der Waals surface area contributed by atoms with Crippen LogP contribution >= 0.6 is 0 Å². The lowest BCUT2D eigenvalue weighted by molar-refractivity contribution is -0.117. The number of nitrogens with two attached hydrogens (primary N) is 1. The first kappa shape index (κ1) is 19.1. The number of carbonyl (C=O) groups is 1. The highest BCUT2D eigenvalue weighted by Gasteiger charge is 2.26. The van der Waals surface area contributed by atoms with Crippen LogP contribution in [0.25, 0.3) is 5.69 Å². The van der Waals surface area contributed by atoms with E-state index in [1.807, 2.05) is 4.68 Å². The number of fused-ring (bicyclic) bond motifs is 1. The molecule has 0 spiro atoms. The number of nitrogens with zero attached hydrogens (tertiary/aromatic N) is 4. The van der Waals surface area contributed by atoms with Gasteiger partial charge in [-0.3, -0.25) is 9.69 Å². The van der Waals surface area contributed by atoms with Crippen LogP contribution in [0, 0.1) is 0 Å². The quantitative estimate of drug-likeness (QED) is 0.816. The summed E-state index contributed by atoms with van der Waals surface area (Å²) in [6, 6.07) is 6.86. The van der Waals surface area contributed by atoms with Crippen LogP contribution in [0.5, 0.6) is 0 Å². The molecule has 0 bridgehead atoms. The topological polar surface area (TPSA) is 86.3 Å². The summed E-state index contributed by atoms with van der Waals surface area (Å²) >= 11 is 0. The molecule has 0 saturated carbocycles. The third-order valence-electron chi connectivity index (χ3n) is 5.71. The van der Waals surface area contributed by atoms with E-state index < -0.39 is 5.91 Å². The van der Waals surface area contributed by atoms with Gasteiger partial charge in [-0.1, -0.05) is 12.1 Å². The van der Waals surface area contributed by atoms with E-state index in [9.17, 15) is 4.79 Å². The molecule has 2 aliphatic rings. The first-order chi connectivity index (χ1) is 13.5. The van der Waals surface area contributed by atoms with E-state index in [0.717, 1.165) is 44.0 Å². The number of amides is 1. The summed E-state index contributed by atoms with van der Waals surface area (Å²) in [6.07, 6.45) is 4.11. The predicted octanol–water partition coefficient (Wildman–Crippen LogP) is 1.44. The summed E-state index contributed by atoms with van der Waals surface area (Å²) in [5.74, 6) is 0.906. The molecule has 1 aliphatic heterocycles. The highest BCUT2D eigenvalue weighted by atomic mass is 16.5. The summed E-state index contributed by atoms with van der Waals surface area (Å²) in [4.78, 5) is 18.5. The molecule has 0 radical (unpaired) electrons. The maximum Gasteiger partial charge on any atom is 0.225 e. The van der Waals surface area contributed by atoms with Crippen molar-refractivity contribution in [2.24, 2.45) is 5.73 Å². The normalized spacial score (nSPS) is 19.9. The summed E-state index contributed by atoms with van der Waals surface area (Å²) < 4.78 is 7.94. The summed E-state index contributed by atoms with van der Waals surface area (Å²) in [6.45, 7) is 6.99. The molecule has 1 unspecified atom stereocenters. The third kappa shape index (κ3) is 3.95. The van der Waals surface area contributed by atoms with E-state index in [-0.39, 0.29) is 12.5 Å². The Hall–Kier alpha value is -2.25. The van der Waals surface area contributed by atoms with Crippen molar-refractivity contribution in [3.05, 3.63) is 41.0 Å². The molecule has 2 heterocycles. The van der Waals surface area contributed by atoms with E-state index in [1.165, 1.54) is 17.5 Å². The van der Waals surface area contributed by atoms with Gasteiger partial charge in [-0.2, -0.15) is 5.10 Å². The number of morpholine rings is 1. The first-order valence-corrected chi connectivity index (χ1v) is 10.2. The lowest BCUT2D eigenvalue weighted by Gasteiger charge is -2.35. The van der Waals surface area contributed by atoms with Gasteiger partial charge in [0.25, 0.3) is 0 Å². The highest BCUT2D eigenvalue weighted by molar-refractivity contribution is 5.75. The van der Waals surface area contributed by atoms with Crippen molar-refractivity contribution in [3.8, 4) is 5.69 Å². The van der Waals surface area contributed by atoms with Gasteiger partial charge in [-0.25, -0.2) is 9.67 Å². The Kier molecular flexibility index (Phi) is 5.46. The molecule has 1 saturated heterocycles. The Labute approximate surface area is 165 Å². The Bertz CT molecular complexity index is 860. The van der Waals surface area contributed by atoms with Gasteiger partial charge in [0.05, 0.1) is 24.8 Å². The minimum atomic E-state index is -0.415. The highest BCUT2D eigenvalue weighted by Crippen LogP contribution is 2.28. The molecule has 7 nitrogen and oxygen atoms in total. The van der Waals surface area contributed by atoms with E-state index in [0.29, 0.717) is 18.3 Å². The fraction of sp³-hybridized carbons (Fsp3) is 0.571. The molecule has 1 aromatic carbocycles. The minimum absolute atomic E-state index is 0.0542. The smallest absolute Gasteiger partial charge is 0.225 e. The monoisotopic (exact) mass is 383 g/mol. The van der Waals surface area contributed by atoms with Crippen LogP contribution in [-0.4, -0.2) is 57.4 Å². The van der Waals surface area contributed by atoms with Crippen molar-refractivity contribution in [2.45, 2.75) is 58.1 Å². The first-order valence-electron chi connectivity index (χ1n) is 10.2. The van der Waals surface area contributed by atoms with Crippen molar-refractivity contribution in [3.63, 3.8) is 0 Å². The van der Waals surface area contributed by atoms with Gasteiger partial charge in [0.2, 0.25) is 5.91 Å². The molecule has 7 heteroatoms. The van der Waals surface area contributed by atoms with Gasteiger partial charge in [0, 0.05) is 25.6 Å². The number of aromatic nitrogens is 3. The minimum Gasteiger partial charge on any atom is -0.375 e. The van der Waals surface area contributed by atoms with Gasteiger partial charge >= 0.3 is 0 Å². The predicted molar refractivity (Wildman–Crippen MR) is 106 cm³/mol. The Morgan fingerprint density at radius 1 is 1.36 bits per heavy atom. The van der Waals surface area contributed by atoms with Crippen LogP contribution < -0.4 is 5.73 Å². The van der Waals surface area contributed by atoms with E-state index in [2.05, 4.69) is 47.0 Å². The number of rotatable bonds is 6. The van der Waals surface area contributed by atoms with Crippen LogP contribution in [0.2, 0.25) is 0 Å². The largest absolute Gasteiger partial charge is 0.375 e. The maximum absolute atomic E-state index is 11.4. The van der Waals surface area contributed by atoms with Crippen LogP contribution in [0.1, 0.15) is 43.0 Å². The van der Waals surface area contributed by atoms with Crippen molar-refractivity contribution < 1.29 is 9.53 Å². The molecular weight excluding hydrogens is 354 g/mol. The van der Waals surface area contributed by atoms with Crippen molar-refractivity contribution >= 4 is 5.91 Å². The number of carbonyl (C=O) groups excluding carboxylic acids is 1. The summed E-state index contributed by atoms with van der Waals surface area (Å²) in [5.41, 5.74) is 9.19. The second-order valence-corrected chi connectivity index (χ2v) is 8.05. The SMILES string of the molecule is CC(C)N1CCOC(Cc2nc(CC(N)=O)nn2-c2cccc3c2CCC3)C1. The average Bonchev–Trinajstić information content (AvgIpc) is 3.28. The van der Waals surface area contributed by atoms with Gasteiger partial charge < -0.3 is 10.5 Å². The van der Waals surface area contributed by atoms with Gasteiger partial charge in [-0.15, -0.1) is 0 Å². The number of hydrogen-bond acceptors (Lipinski definition) is 5. The lowest BCUT2D eigenvalue weighted by atomic mass is 10.1. The van der Waals surface area contributed by atoms with Crippen LogP contribution in [0.15, 0.2) is 18.2 Å².